The second-order valence-corrected chi connectivity index (χ2v) is 5.47. The van der Waals surface area contributed by atoms with Gasteiger partial charge in [-0.25, -0.2) is 14.4 Å². The molecule has 10 nitrogen and oxygen atoms in total. The van der Waals surface area contributed by atoms with Crippen molar-refractivity contribution < 1.29 is 90.9 Å². The van der Waals surface area contributed by atoms with E-state index in [9.17, 15) is 14.4 Å². The van der Waals surface area contributed by atoms with Crippen LogP contribution in [-0.4, -0.2) is 54.0 Å². The molecule has 0 aromatic heterocycles. The minimum atomic E-state index is -1.11. The van der Waals surface area contributed by atoms with Gasteiger partial charge < -0.3 is 36.1 Å². The predicted octanol–water partition coefficient (Wildman–Crippen LogP) is 2.45. The third-order valence-corrected chi connectivity index (χ3v) is 3.40. The molecule has 0 unspecified atom stereocenters. The van der Waals surface area contributed by atoms with E-state index in [1.807, 2.05) is 0 Å². The first kappa shape index (κ1) is 31.0. The van der Waals surface area contributed by atoms with Gasteiger partial charge in [0.05, 0.1) is 0 Å². The average Bonchev–Trinajstić information content (AvgIpc) is 2.69. The molecule has 0 fully saturated rings. The second-order valence-electron chi connectivity index (χ2n) is 5.47. The largest absolute Gasteiger partial charge is 0.507 e. The SMILES string of the molecule is O.O=C(O)c1ccccc1O.O=C(O)c1ccccc1O.O=C(O)c1ccccc1O.[Sm]. The number of carbonyl (C=O) groups is 3. The van der Waals surface area contributed by atoms with Gasteiger partial charge in [-0.2, -0.15) is 0 Å². The first-order chi connectivity index (χ1) is 14.1. The molecule has 0 aliphatic carbocycles. The molecule has 0 aliphatic heterocycles. The average molecular weight is 583 g/mol. The standard InChI is InChI=1S/3C7H6O3.H2O.Sm/c3*8-6-4-2-1-3-5(6)7(9)10;;/h3*1-4,8H,(H,9,10);1H2;. The number of rotatable bonds is 3. The van der Waals surface area contributed by atoms with E-state index in [4.69, 9.17) is 30.6 Å². The molecule has 0 spiro atoms. The Morgan fingerprint density at radius 3 is 0.781 bits per heavy atom. The van der Waals surface area contributed by atoms with E-state index in [1.54, 1.807) is 36.4 Å². The number of para-hydroxylation sites is 3. The van der Waals surface area contributed by atoms with Gasteiger partial charge in [-0.05, 0) is 36.4 Å². The number of aromatic carboxylic acids is 3. The minimum absolute atomic E-state index is 0. The third-order valence-electron chi connectivity index (χ3n) is 3.40. The molecule has 170 valence electrons. The zero-order valence-electron chi connectivity index (χ0n) is 16.2. The summed E-state index contributed by atoms with van der Waals surface area (Å²) < 4.78 is 0. The van der Waals surface area contributed by atoms with Crippen LogP contribution in [0.4, 0.5) is 0 Å². The normalized spacial score (nSPS) is 8.62. The Labute approximate surface area is 214 Å². The maximum atomic E-state index is 10.3. The van der Waals surface area contributed by atoms with E-state index in [1.165, 1.54) is 36.4 Å². The molecule has 11 heteroatoms. The molecule has 0 amide bonds. The summed E-state index contributed by atoms with van der Waals surface area (Å²) in [7, 11) is 0. The summed E-state index contributed by atoms with van der Waals surface area (Å²) in [5, 5.41) is 51.9. The summed E-state index contributed by atoms with van der Waals surface area (Å²) >= 11 is 0. The van der Waals surface area contributed by atoms with Crippen molar-refractivity contribution in [2.75, 3.05) is 0 Å². The maximum Gasteiger partial charge on any atom is 0.339 e. The van der Waals surface area contributed by atoms with Crippen LogP contribution in [0.2, 0.25) is 0 Å². The van der Waals surface area contributed by atoms with Crippen LogP contribution in [0.25, 0.3) is 0 Å². The molecule has 0 radical (unpaired) electrons. The van der Waals surface area contributed by atoms with Gasteiger partial charge in [0.15, 0.2) is 0 Å². The van der Waals surface area contributed by atoms with Crippen molar-refractivity contribution in [1.82, 2.24) is 0 Å². The minimum Gasteiger partial charge on any atom is -0.507 e. The molecule has 0 saturated carbocycles. The van der Waals surface area contributed by atoms with Gasteiger partial charge in [-0.1, -0.05) is 36.4 Å². The first-order valence-electron chi connectivity index (χ1n) is 8.19. The summed E-state index contributed by atoms with van der Waals surface area (Å²) in [6.07, 6.45) is 0. The number of hydrogen-bond acceptors (Lipinski definition) is 6. The van der Waals surface area contributed by atoms with Gasteiger partial charge >= 0.3 is 17.9 Å². The molecule has 3 rings (SSSR count). The summed E-state index contributed by atoms with van der Waals surface area (Å²) in [6, 6.07) is 17.4. The van der Waals surface area contributed by atoms with Crippen LogP contribution in [0.3, 0.4) is 0 Å². The molecule has 0 saturated heterocycles. The van der Waals surface area contributed by atoms with Crippen LogP contribution in [-0.2, 0) is 0 Å². The van der Waals surface area contributed by atoms with Gasteiger partial charge in [-0.15, -0.1) is 0 Å². The zero-order chi connectivity index (χ0) is 22.7. The third kappa shape index (κ3) is 10.2. The number of benzene rings is 3. The van der Waals surface area contributed by atoms with Gasteiger partial charge in [-0.3, -0.25) is 0 Å². The number of hydrogen-bond donors (Lipinski definition) is 6. The Balaban J connectivity index is 0. The molecule has 32 heavy (non-hydrogen) atoms. The second kappa shape index (κ2) is 15.6. The van der Waals surface area contributed by atoms with Crippen LogP contribution >= 0.6 is 0 Å². The maximum absolute atomic E-state index is 10.3. The van der Waals surface area contributed by atoms with E-state index in [2.05, 4.69) is 0 Å². The van der Waals surface area contributed by atoms with Crippen molar-refractivity contribution in [1.29, 1.82) is 0 Å². The molecule has 0 heterocycles. The quantitative estimate of drug-likeness (QED) is 0.268. The Hall–Kier alpha value is -3.23. The molecular formula is C21H20O10Sm. The van der Waals surface area contributed by atoms with E-state index in [0.717, 1.165) is 0 Å². The van der Waals surface area contributed by atoms with Crippen LogP contribution in [0.15, 0.2) is 72.8 Å². The fourth-order valence-corrected chi connectivity index (χ4v) is 1.96. The Morgan fingerprint density at radius 2 is 0.656 bits per heavy atom. The molecule has 8 N–H and O–H groups in total. The van der Waals surface area contributed by atoms with Crippen LogP contribution in [0.5, 0.6) is 17.2 Å². The fourth-order valence-electron chi connectivity index (χ4n) is 1.96. The van der Waals surface area contributed by atoms with Crippen molar-refractivity contribution in [2.24, 2.45) is 0 Å². The van der Waals surface area contributed by atoms with Crippen molar-refractivity contribution in [3.05, 3.63) is 89.5 Å². The van der Waals surface area contributed by atoms with Gasteiger partial charge in [0.25, 0.3) is 0 Å². The van der Waals surface area contributed by atoms with Crippen LogP contribution in [0.1, 0.15) is 31.1 Å². The van der Waals surface area contributed by atoms with E-state index < -0.39 is 17.9 Å². The smallest absolute Gasteiger partial charge is 0.339 e. The molecular weight excluding hydrogens is 563 g/mol. The van der Waals surface area contributed by atoms with Crippen LogP contribution < -0.4 is 0 Å². The van der Waals surface area contributed by atoms with Crippen LogP contribution in [0, 0.1) is 40.4 Å². The summed E-state index contributed by atoms with van der Waals surface area (Å²) in [6.45, 7) is 0. The molecule has 3 aromatic carbocycles. The van der Waals surface area contributed by atoms with E-state index >= 15 is 0 Å². The Bertz CT molecular complexity index is 904. The number of carboxylic acids is 3. The molecule has 0 atom stereocenters. The number of phenols is 3. The van der Waals surface area contributed by atoms with Crippen molar-refractivity contribution >= 4 is 17.9 Å². The first-order valence-corrected chi connectivity index (χ1v) is 8.19. The molecule has 0 aliphatic rings. The summed E-state index contributed by atoms with van der Waals surface area (Å²) in [5.74, 6) is -3.94. The van der Waals surface area contributed by atoms with Gasteiger partial charge in [0, 0.05) is 40.4 Å². The van der Waals surface area contributed by atoms with Crippen molar-refractivity contribution in [3.8, 4) is 17.2 Å². The molecule has 3 aromatic rings. The van der Waals surface area contributed by atoms with Crippen molar-refractivity contribution in [3.63, 3.8) is 0 Å². The van der Waals surface area contributed by atoms with E-state index in [0.29, 0.717) is 0 Å². The van der Waals surface area contributed by atoms with Gasteiger partial charge in [0.2, 0.25) is 0 Å². The number of carboxylic acid groups (broad SMARTS) is 3. The zero-order valence-corrected chi connectivity index (χ0v) is 18.9. The predicted molar refractivity (Wildman–Crippen MR) is 109 cm³/mol. The summed E-state index contributed by atoms with van der Waals surface area (Å²) in [4.78, 5) is 30.8. The molecule has 0 bridgehead atoms. The van der Waals surface area contributed by atoms with Gasteiger partial charge in [0.1, 0.15) is 33.9 Å². The van der Waals surface area contributed by atoms with Crippen molar-refractivity contribution in [2.45, 2.75) is 0 Å². The Morgan fingerprint density at radius 1 is 0.469 bits per heavy atom. The topological polar surface area (TPSA) is 204 Å². The number of aromatic hydroxyl groups is 3. The Kier molecular flexibility index (Phi) is 15.0. The van der Waals surface area contributed by atoms with E-state index in [-0.39, 0.29) is 79.8 Å². The monoisotopic (exact) mass is 584 g/mol. The summed E-state index contributed by atoms with van der Waals surface area (Å²) in [5.41, 5.74) is -0.201. The fraction of sp³-hybridized carbons (Fsp3) is 0.